The van der Waals surface area contributed by atoms with Gasteiger partial charge in [0.25, 0.3) is 0 Å². The van der Waals surface area contributed by atoms with Crippen molar-refractivity contribution in [2.75, 3.05) is 18.1 Å². The summed E-state index contributed by atoms with van der Waals surface area (Å²) in [4.78, 5) is 0. The van der Waals surface area contributed by atoms with Crippen LogP contribution in [0.3, 0.4) is 0 Å². The van der Waals surface area contributed by atoms with Gasteiger partial charge in [-0.25, -0.2) is 8.42 Å². The molecule has 1 rings (SSSR count). The van der Waals surface area contributed by atoms with Crippen LogP contribution in [0.1, 0.15) is 20.3 Å². The zero-order chi connectivity index (χ0) is 11.0. The standard InChI is InChI=1S/C9H19NO3S/c1-7(2)8(11)9(5-10)3-4-14(12,13)6-9/h7-8,11H,3-6,10H2,1-2H3. The van der Waals surface area contributed by atoms with Crippen LogP contribution in [0.2, 0.25) is 0 Å². The topological polar surface area (TPSA) is 80.4 Å². The lowest BCUT2D eigenvalue weighted by atomic mass is 9.77. The average molecular weight is 221 g/mol. The fraction of sp³-hybridized carbons (Fsp3) is 1.00. The smallest absolute Gasteiger partial charge is 0.151 e. The van der Waals surface area contributed by atoms with Crippen molar-refractivity contribution >= 4 is 9.84 Å². The Morgan fingerprint density at radius 2 is 2.07 bits per heavy atom. The van der Waals surface area contributed by atoms with Crippen LogP contribution in [0.4, 0.5) is 0 Å². The van der Waals surface area contributed by atoms with Crippen LogP contribution in [0.5, 0.6) is 0 Å². The molecule has 4 nitrogen and oxygen atoms in total. The Bertz CT molecular complexity index is 299. The maximum Gasteiger partial charge on any atom is 0.151 e. The van der Waals surface area contributed by atoms with Gasteiger partial charge in [0.15, 0.2) is 9.84 Å². The molecule has 2 atom stereocenters. The molecule has 0 aromatic rings. The quantitative estimate of drug-likeness (QED) is 0.689. The van der Waals surface area contributed by atoms with Gasteiger partial charge in [-0.1, -0.05) is 13.8 Å². The maximum atomic E-state index is 11.4. The third-order valence-corrected chi connectivity index (χ3v) is 4.92. The third-order valence-electron chi connectivity index (χ3n) is 3.08. The molecule has 0 radical (unpaired) electrons. The summed E-state index contributed by atoms with van der Waals surface area (Å²) >= 11 is 0. The van der Waals surface area contributed by atoms with E-state index in [0.29, 0.717) is 6.42 Å². The average Bonchev–Trinajstić information content (AvgIpc) is 2.41. The minimum Gasteiger partial charge on any atom is -0.392 e. The van der Waals surface area contributed by atoms with Gasteiger partial charge in [-0.2, -0.15) is 0 Å². The summed E-state index contributed by atoms with van der Waals surface area (Å²) in [5.41, 5.74) is 5.00. The van der Waals surface area contributed by atoms with Crippen molar-refractivity contribution in [2.24, 2.45) is 17.1 Å². The van der Waals surface area contributed by atoms with E-state index in [4.69, 9.17) is 5.73 Å². The predicted octanol–water partition coefficient (Wildman–Crippen LogP) is -0.233. The van der Waals surface area contributed by atoms with Gasteiger partial charge in [-0.05, 0) is 12.3 Å². The molecule has 5 heteroatoms. The number of nitrogens with two attached hydrogens (primary N) is 1. The SMILES string of the molecule is CC(C)C(O)C1(CN)CCS(=O)(=O)C1. The molecule has 3 N–H and O–H groups in total. The fourth-order valence-electron chi connectivity index (χ4n) is 2.16. The molecule has 1 fully saturated rings. The molecule has 0 spiro atoms. The second-order valence-electron chi connectivity index (χ2n) is 4.60. The lowest BCUT2D eigenvalue weighted by Crippen LogP contribution is -2.45. The number of rotatable bonds is 3. The summed E-state index contributed by atoms with van der Waals surface area (Å²) in [6, 6.07) is 0. The Kier molecular flexibility index (Phi) is 3.23. The summed E-state index contributed by atoms with van der Waals surface area (Å²) in [7, 11) is -2.98. The van der Waals surface area contributed by atoms with Gasteiger partial charge in [0.1, 0.15) is 0 Å². The van der Waals surface area contributed by atoms with Gasteiger partial charge in [-0.15, -0.1) is 0 Å². The highest BCUT2D eigenvalue weighted by Crippen LogP contribution is 2.37. The Hall–Kier alpha value is -0.130. The molecule has 0 aromatic carbocycles. The van der Waals surface area contributed by atoms with E-state index in [2.05, 4.69) is 0 Å². The van der Waals surface area contributed by atoms with E-state index in [1.807, 2.05) is 13.8 Å². The van der Waals surface area contributed by atoms with Gasteiger partial charge < -0.3 is 10.8 Å². The first kappa shape index (κ1) is 11.9. The van der Waals surface area contributed by atoms with Crippen LogP contribution < -0.4 is 5.73 Å². The van der Waals surface area contributed by atoms with Crippen molar-refractivity contribution in [1.82, 2.24) is 0 Å². The molecule has 0 aromatic heterocycles. The zero-order valence-corrected chi connectivity index (χ0v) is 9.55. The second kappa shape index (κ2) is 3.79. The number of sulfone groups is 1. The first-order valence-electron chi connectivity index (χ1n) is 4.91. The molecule has 1 aliphatic rings. The molecule has 14 heavy (non-hydrogen) atoms. The third kappa shape index (κ3) is 2.10. The Morgan fingerprint density at radius 3 is 2.36 bits per heavy atom. The van der Waals surface area contributed by atoms with Crippen molar-refractivity contribution in [3.05, 3.63) is 0 Å². The molecule has 0 aliphatic carbocycles. The zero-order valence-electron chi connectivity index (χ0n) is 8.73. The number of hydrogen-bond acceptors (Lipinski definition) is 4. The van der Waals surface area contributed by atoms with E-state index in [0.717, 1.165) is 0 Å². The van der Waals surface area contributed by atoms with Gasteiger partial charge >= 0.3 is 0 Å². The minimum atomic E-state index is -2.98. The van der Waals surface area contributed by atoms with Gasteiger partial charge in [0, 0.05) is 12.0 Å². The molecule has 2 unspecified atom stereocenters. The summed E-state index contributed by atoms with van der Waals surface area (Å²) < 4.78 is 22.7. The number of aliphatic hydroxyl groups is 1. The molecule has 1 saturated heterocycles. The van der Waals surface area contributed by atoms with Crippen LogP contribution in [0, 0.1) is 11.3 Å². The Balaban J connectivity index is 2.90. The molecular formula is C9H19NO3S. The Labute approximate surface area is 85.4 Å². The van der Waals surface area contributed by atoms with E-state index in [1.165, 1.54) is 0 Å². The van der Waals surface area contributed by atoms with E-state index < -0.39 is 21.4 Å². The molecule has 1 aliphatic heterocycles. The number of aliphatic hydroxyl groups excluding tert-OH is 1. The lowest BCUT2D eigenvalue weighted by molar-refractivity contribution is 0.0117. The van der Waals surface area contributed by atoms with Crippen molar-refractivity contribution in [2.45, 2.75) is 26.4 Å². The fourth-order valence-corrected chi connectivity index (χ4v) is 4.33. The highest BCUT2D eigenvalue weighted by atomic mass is 32.2. The molecule has 84 valence electrons. The van der Waals surface area contributed by atoms with Crippen molar-refractivity contribution in [3.63, 3.8) is 0 Å². The van der Waals surface area contributed by atoms with Gasteiger partial charge in [0.2, 0.25) is 0 Å². The van der Waals surface area contributed by atoms with Crippen molar-refractivity contribution < 1.29 is 13.5 Å². The highest BCUT2D eigenvalue weighted by Gasteiger charge is 2.47. The lowest BCUT2D eigenvalue weighted by Gasteiger charge is -2.34. The molecule has 0 amide bonds. The highest BCUT2D eigenvalue weighted by molar-refractivity contribution is 7.91. The summed E-state index contributed by atoms with van der Waals surface area (Å²) in [5, 5.41) is 9.96. The van der Waals surface area contributed by atoms with Crippen molar-refractivity contribution in [1.29, 1.82) is 0 Å². The maximum absolute atomic E-state index is 11.4. The van der Waals surface area contributed by atoms with Crippen LogP contribution in [-0.4, -0.2) is 37.7 Å². The largest absolute Gasteiger partial charge is 0.392 e. The van der Waals surface area contributed by atoms with Crippen LogP contribution in [-0.2, 0) is 9.84 Å². The van der Waals surface area contributed by atoms with Crippen LogP contribution >= 0.6 is 0 Å². The van der Waals surface area contributed by atoms with E-state index in [1.54, 1.807) is 0 Å². The van der Waals surface area contributed by atoms with Crippen LogP contribution in [0.15, 0.2) is 0 Å². The molecular weight excluding hydrogens is 202 g/mol. The van der Waals surface area contributed by atoms with Gasteiger partial charge in [0.05, 0.1) is 17.6 Å². The minimum absolute atomic E-state index is 0.0375. The first-order valence-corrected chi connectivity index (χ1v) is 6.74. The Morgan fingerprint density at radius 1 is 1.50 bits per heavy atom. The summed E-state index contributed by atoms with van der Waals surface area (Å²) in [6.45, 7) is 4.01. The van der Waals surface area contributed by atoms with E-state index in [-0.39, 0.29) is 24.0 Å². The number of hydrogen-bond donors (Lipinski definition) is 2. The van der Waals surface area contributed by atoms with Crippen LogP contribution in [0.25, 0.3) is 0 Å². The van der Waals surface area contributed by atoms with Gasteiger partial charge in [-0.3, -0.25) is 0 Å². The molecule has 0 bridgehead atoms. The van der Waals surface area contributed by atoms with Crippen molar-refractivity contribution in [3.8, 4) is 0 Å². The summed E-state index contributed by atoms with van der Waals surface area (Å²) in [6.07, 6.45) is -0.129. The normalized spacial score (nSPS) is 33.5. The van der Waals surface area contributed by atoms with E-state index in [9.17, 15) is 13.5 Å². The van der Waals surface area contributed by atoms with E-state index >= 15 is 0 Å². The molecule has 0 saturated carbocycles. The second-order valence-corrected chi connectivity index (χ2v) is 6.78. The molecule has 1 heterocycles. The predicted molar refractivity (Wildman–Crippen MR) is 55.6 cm³/mol. The first-order chi connectivity index (χ1) is 6.33. The monoisotopic (exact) mass is 221 g/mol. The summed E-state index contributed by atoms with van der Waals surface area (Å²) in [5.74, 6) is 0.246.